The second-order valence-electron chi connectivity index (χ2n) is 14.9. The number of rotatable bonds is 6. The lowest BCUT2D eigenvalue weighted by atomic mass is 9.91. The number of benzene rings is 7. The zero-order valence-electron chi connectivity index (χ0n) is 30.8. The molecule has 2 aliphatic heterocycles. The minimum Gasteiger partial charge on any atom is -0.366 e. The first-order valence-electron chi connectivity index (χ1n) is 19.5. The van der Waals surface area contributed by atoms with Gasteiger partial charge in [-0.1, -0.05) is 164 Å². The van der Waals surface area contributed by atoms with Crippen LogP contribution in [0.1, 0.15) is 46.8 Å². The van der Waals surface area contributed by atoms with Gasteiger partial charge in [0.1, 0.15) is 6.17 Å². The van der Waals surface area contributed by atoms with Crippen molar-refractivity contribution in [1.29, 1.82) is 0 Å². The molecular formula is C52H39N3S. The number of hydrogen-bond acceptors (Lipinski definition) is 4. The van der Waals surface area contributed by atoms with Crippen LogP contribution >= 0.6 is 11.3 Å². The first kappa shape index (κ1) is 32.9. The molecule has 4 heteroatoms. The van der Waals surface area contributed by atoms with Gasteiger partial charge in [0, 0.05) is 32.8 Å². The van der Waals surface area contributed by atoms with Gasteiger partial charge < -0.3 is 10.2 Å². The molecule has 0 radical (unpaired) electrons. The van der Waals surface area contributed by atoms with E-state index in [2.05, 4.69) is 210 Å². The molecule has 3 aliphatic rings. The van der Waals surface area contributed by atoms with Gasteiger partial charge in [0.25, 0.3) is 0 Å². The molecule has 268 valence electrons. The van der Waals surface area contributed by atoms with E-state index in [1.165, 1.54) is 81.8 Å². The Morgan fingerprint density at radius 3 is 1.95 bits per heavy atom. The Labute approximate surface area is 331 Å². The van der Waals surface area contributed by atoms with Crippen molar-refractivity contribution in [1.82, 2.24) is 10.6 Å². The van der Waals surface area contributed by atoms with Crippen LogP contribution in [0.5, 0.6) is 0 Å². The molecule has 1 aliphatic carbocycles. The second-order valence-corrected chi connectivity index (χ2v) is 16.0. The Kier molecular flexibility index (Phi) is 8.05. The van der Waals surface area contributed by atoms with Gasteiger partial charge in [0.05, 0.1) is 22.1 Å². The van der Waals surface area contributed by atoms with Gasteiger partial charge >= 0.3 is 0 Å². The highest BCUT2D eigenvalue weighted by molar-refractivity contribution is 7.26. The van der Waals surface area contributed by atoms with E-state index in [1.54, 1.807) is 0 Å². The third kappa shape index (κ3) is 5.69. The van der Waals surface area contributed by atoms with Gasteiger partial charge in [0.15, 0.2) is 0 Å². The Morgan fingerprint density at radius 1 is 0.554 bits per heavy atom. The van der Waals surface area contributed by atoms with E-state index in [1.807, 2.05) is 11.3 Å². The quantitative estimate of drug-likeness (QED) is 0.178. The molecule has 3 unspecified atom stereocenters. The maximum absolute atomic E-state index is 3.95. The summed E-state index contributed by atoms with van der Waals surface area (Å²) in [5.41, 5.74) is 14.9. The third-order valence-corrected chi connectivity index (χ3v) is 12.9. The molecule has 11 rings (SSSR count). The van der Waals surface area contributed by atoms with Crippen LogP contribution in [0.2, 0.25) is 0 Å². The van der Waals surface area contributed by atoms with Crippen molar-refractivity contribution in [3.63, 3.8) is 0 Å². The monoisotopic (exact) mass is 737 g/mol. The standard InChI is InChI=1S/C52H39N3S/c1-3-12-34(13-4-1)36-22-26-38(27-23-36)45-33-46(54-52(53-45)39-28-24-37(25-29-39)35-14-5-2-6-15-35)40-30-31-42-41-16-7-9-19-47(41)55(49(42)32-40)48-20-11-18-44-43-17-8-10-21-50(43)56-51(44)48/h1-15,17-33,41,45,52-54H,16H2. The molecule has 0 saturated carbocycles. The maximum Gasteiger partial charge on any atom is 0.104 e. The Balaban J connectivity index is 1.01. The number of nitrogens with zero attached hydrogens (tertiary/aromatic N) is 1. The largest absolute Gasteiger partial charge is 0.366 e. The SMILES string of the molecule is C1=CCC2C(=C1)N(c1cccc3c1sc1ccccc13)c1cc(C3=CC(c4ccc(-c5ccccc5)cc4)NC(c4ccc(-c5ccccc5)cc4)N3)ccc12. The number of fused-ring (bicyclic) bond motifs is 6. The molecule has 1 aromatic heterocycles. The van der Waals surface area contributed by atoms with Crippen molar-refractivity contribution in [2.24, 2.45) is 0 Å². The highest BCUT2D eigenvalue weighted by Crippen LogP contribution is 2.54. The van der Waals surface area contributed by atoms with E-state index in [-0.39, 0.29) is 12.2 Å². The summed E-state index contributed by atoms with van der Waals surface area (Å²) in [5, 5.41) is 10.5. The molecule has 0 saturated heterocycles. The van der Waals surface area contributed by atoms with Gasteiger partial charge in [0.2, 0.25) is 0 Å². The van der Waals surface area contributed by atoms with Crippen LogP contribution in [0.3, 0.4) is 0 Å². The fourth-order valence-corrected chi connectivity index (χ4v) is 10.1. The Bertz CT molecular complexity index is 2830. The fraction of sp³-hybridized carbons (Fsp3) is 0.0769. The molecule has 0 fully saturated rings. The molecule has 0 spiro atoms. The fourth-order valence-electron chi connectivity index (χ4n) is 8.85. The predicted octanol–water partition coefficient (Wildman–Crippen LogP) is 13.4. The average Bonchev–Trinajstić information content (AvgIpc) is 3.83. The molecule has 56 heavy (non-hydrogen) atoms. The molecule has 0 amide bonds. The van der Waals surface area contributed by atoms with Crippen molar-refractivity contribution < 1.29 is 0 Å². The molecule has 3 heterocycles. The number of hydrogen-bond donors (Lipinski definition) is 2. The third-order valence-electron chi connectivity index (χ3n) is 11.7. The van der Waals surface area contributed by atoms with Crippen LogP contribution in [-0.4, -0.2) is 0 Å². The van der Waals surface area contributed by atoms with Crippen LogP contribution in [0, 0.1) is 0 Å². The van der Waals surface area contributed by atoms with E-state index in [0.29, 0.717) is 5.92 Å². The van der Waals surface area contributed by atoms with Crippen LogP contribution in [0.15, 0.2) is 200 Å². The average molecular weight is 738 g/mol. The Hall–Kier alpha value is -6.46. The number of allylic oxidation sites excluding steroid dienone is 4. The minimum absolute atomic E-state index is 0.000941. The number of nitrogens with one attached hydrogen (secondary N) is 2. The van der Waals surface area contributed by atoms with E-state index in [4.69, 9.17) is 0 Å². The highest BCUT2D eigenvalue weighted by atomic mass is 32.1. The molecule has 3 atom stereocenters. The van der Waals surface area contributed by atoms with Crippen molar-refractivity contribution in [3.05, 3.63) is 222 Å². The van der Waals surface area contributed by atoms with E-state index < -0.39 is 0 Å². The summed E-state index contributed by atoms with van der Waals surface area (Å²) in [5.74, 6) is 0.329. The van der Waals surface area contributed by atoms with Gasteiger partial charge in [-0.2, -0.15) is 0 Å². The first-order valence-corrected chi connectivity index (χ1v) is 20.3. The van der Waals surface area contributed by atoms with Crippen molar-refractivity contribution in [3.8, 4) is 22.3 Å². The zero-order valence-corrected chi connectivity index (χ0v) is 31.6. The lowest BCUT2D eigenvalue weighted by Crippen LogP contribution is -2.39. The molecular weight excluding hydrogens is 699 g/mol. The smallest absolute Gasteiger partial charge is 0.104 e. The molecule has 3 nitrogen and oxygen atoms in total. The number of anilines is 2. The van der Waals surface area contributed by atoms with E-state index >= 15 is 0 Å². The molecule has 2 N–H and O–H groups in total. The van der Waals surface area contributed by atoms with Crippen LogP contribution in [0.4, 0.5) is 11.4 Å². The summed E-state index contributed by atoms with van der Waals surface area (Å²) in [6.07, 6.45) is 10.2. The molecule has 8 aromatic rings. The summed E-state index contributed by atoms with van der Waals surface area (Å²) >= 11 is 1.90. The Morgan fingerprint density at radius 2 is 1.20 bits per heavy atom. The van der Waals surface area contributed by atoms with Crippen LogP contribution in [-0.2, 0) is 0 Å². The summed E-state index contributed by atoms with van der Waals surface area (Å²) < 4.78 is 2.66. The summed E-state index contributed by atoms with van der Waals surface area (Å²) in [7, 11) is 0. The van der Waals surface area contributed by atoms with Gasteiger partial charge in [-0.3, -0.25) is 5.32 Å². The summed E-state index contributed by atoms with van der Waals surface area (Å²) in [6.45, 7) is 0. The van der Waals surface area contributed by atoms with Crippen molar-refractivity contribution in [2.45, 2.75) is 24.5 Å². The van der Waals surface area contributed by atoms with E-state index in [0.717, 1.165) is 12.1 Å². The minimum atomic E-state index is -0.0928. The highest BCUT2D eigenvalue weighted by Gasteiger charge is 2.36. The zero-order chi connectivity index (χ0) is 37.0. The summed E-state index contributed by atoms with van der Waals surface area (Å²) in [4.78, 5) is 2.55. The molecule has 0 bridgehead atoms. The normalized spacial score (nSPS) is 18.6. The lowest BCUT2D eigenvalue weighted by molar-refractivity contribution is 0.443. The van der Waals surface area contributed by atoms with Crippen LogP contribution in [0.25, 0.3) is 48.1 Å². The van der Waals surface area contributed by atoms with Gasteiger partial charge in [-0.25, -0.2) is 0 Å². The lowest BCUT2D eigenvalue weighted by Gasteiger charge is -2.33. The van der Waals surface area contributed by atoms with Crippen LogP contribution < -0.4 is 15.5 Å². The van der Waals surface area contributed by atoms with Crippen molar-refractivity contribution in [2.75, 3.05) is 4.90 Å². The van der Waals surface area contributed by atoms with Gasteiger partial charge in [-0.15, -0.1) is 11.3 Å². The predicted molar refractivity (Wildman–Crippen MR) is 236 cm³/mol. The molecule has 7 aromatic carbocycles. The summed E-state index contributed by atoms with van der Waals surface area (Å²) in [6, 6.07) is 62.0. The number of thiophene rings is 1. The first-order chi connectivity index (χ1) is 27.7. The van der Waals surface area contributed by atoms with Crippen molar-refractivity contribution >= 4 is 48.6 Å². The maximum atomic E-state index is 3.95. The van der Waals surface area contributed by atoms with Gasteiger partial charge in [-0.05, 0) is 81.3 Å². The topological polar surface area (TPSA) is 27.3 Å². The second kappa shape index (κ2) is 13.7. The van der Waals surface area contributed by atoms with E-state index in [9.17, 15) is 0 Å².